The summed E-state index contributed by atoms with van der Waals surface area (Å²) in [5, 5.41) is 21.1. The highest BCUT2D eigenvalue weighted by Gasteiger charge is 2.38. The largest absolute Gasteiger partial charge is 0.494 e. The molecule has 2 fully saturated rings. The summed E-state index contributed by atoms with van der Waals surface area (Å²) in [6.45, 7) is 10.6. The van der Waals surface area contributed by atoms with Crippen molar-refractivity contribution in [3.63, 3.8) is 0 Å². The zero-order valence-electron chi connectivity index (χ0n) is 60.7. The van der Waals surface area contributed by atoms with Gasteiger partial charge in [-0.15, -0.1) is 0 Å². The number of Topliss-reactive ketones (excluding diaryl/α,β-unsaturated/α-hetero) is 1. The van der Waals surface area contributed by atoms with Crippen LogP contribution in [0.4, 0.5) is 40.2 Å². The van der Waals surface area contributed by atoms with Crippen LogP contribution in [0.5, 0.6) is 5.75 Å². The van der Waals surface area contributed by atoms with Crippen LogP contribution in [-0.4, -0.2) is 132 Å². The number of fused-ring (bicyclic) bond motifs is 9. The van der Waals surface area contributed by atoms with Gasteiger partial charge in [-0.25, -0.2) is 33.7 Å². The lowest BCUT2D eigenvalue weighted by Crippen LogP contribution is -2.42. The summed E-state index contributed by atoms with van der Waals surface area (Å²) in [5.74, 6) is 0.511. The molecule has 0 spiro atoms. The number of amides is 3. The van der Waals surface area contributed by atoms with Crippen LogP contribution in [0, 0.1) is 23.5 Å². The quantitative estimate of drug-likeness (QED) is 0.0634. The topological polar surface area (TPSA) is 262 Å². The Balaban J connectivity index is 0.000000140. The molecule has 24 nitrogen and oxygen atoms in total. The van der Waals surface area contributed by atoms with Crippen molar-refractivity contribution in [2.24, 2.45) is 11.8 Å². The van der Waals surface area contributed by atoms with E-state index in [0.717, 1.165) is 181 Å². The Bertz CT molecular complexity index is 4800. The molecule has 3 amide bonds. The third kappa shape index (κ3) is 14.9. The number of hydrogen-bond acceptors (Lipinski definition) is 16. The van der Waals surface area contributed by atoms with Crippen molar-refractivity contribution >= 4 is 80.2 Å². The van der Waals surface area contributed by atoms with Gasteiger partial charge < -0.3 is 47.6 Å². The highest BCUT2D eigenvalue weighted by atomic mass is 19.2. The Kier molecular flexibility index (Phi) is 22.1. The number of rotatable bonds is 17. The van der Waals surface area contributed by atoms with E-state index in [9.17, 15) is 33.5 Å². The number of carbonyl (C=O) groups excluding carboxylic acids is 4. The second kappa shape index (κ2) is 31.8. The fourth-order valence-corrected chi connectivity index (χ4v) is 16.4. The van der Waals surface area contributed by atoms with Gasteiger partial charge in [0.2, 0.25) is 5.82 Å². The Labute approximate surface area is 607 Å². The second-order valence-electron chi connectivity index (χ2n) is 28.1. The summed E-state index contributed by atoms with van der Waals surface area (Å²) in [5.41, 5.74) is 12.6. The number of carbonyl (C=O) groups is 5. The first-order valence-corrected chi connectivity index (χ1v) is 36.4. The van der Waals surface area contributed by atoms with Crippen molar-refractivity contribution in [2.75, 3.05) is 49.7 Å². The molecule has 10 aromatic rings. The van der Waals surface area contributed by atoms with Crippen LogP contribution < -0.4 is 24.8 Å². The molecule has 0 radical (unpaired) electrons. The van der Waals surface area contributed by atoms with Crippen LogP contribution in [0.1, 0.15) is 155 Å². The Morgan fingerprint density at radius 1 is 0.571 bits per heavy atom. The van der Waals surface area contributed by atoms with Crippen LogP contribution in [-0.2, 0) is 82.0 Å². The molecule has 2 N–H and O–H groups in total. The van der Waals surface area contributed by atoms with Gasteiger partial charge in [0.25, 0.3) is 0 Å². The molecule has 105 heavy (non-hydrogen) atoms. The number of aromatic nitrogens is 9. The molecule has 552 valence electrons. The Morgan fingerprint density at radius 2 is 1.10 bits per heavy atom. The lowest BCUT2D eigenvalue weighted by Gasteiger charge is -2.34. The minimum atomic E-state index is -1.02. The number of benzene rings is 5. The molecular weight excluding hydrogens is 1340 g/mol. The zero-order chi connectivity index (χ0) is 73.7. The van der Waals surface area contributed by atoms with E-state index >= 15 is 4.39 Å². The van der Waals surface area contributed by atoms with E-state index in [2.05, 4.69) is 54.4 Å². The normalized spacial score (nSPS) is 19.8. The molecule has 0 bridgehead atoms. The van der Waals surface area contributed by atoms with E-state index in [1.807, 2.05) is 85.4 Å². The van der Waals surface area contributed by atoms with Crippen molar-refractivity contribution in [1.29, 1.82) is 0 Å². The summed E-state index contributed by atoms with van der Waals surface area (Å²) in [4.78, 5) is 81.6. The van der Waals surface area contributed by atoms with Crippen LogP contribution in [0.15, 0.2) is 114 Å². The number of imidazole rings is 3. The number of ether oxygens (including phenoxy) is 4. The summed E-state index contributed by atoms with van der Waals surface area (Å²) in [6.07, 6.45) is 16.0. The molecule has 0 unspecified atom stereocenters. The lowest BCUT2D eigenvalue weighted by molar-refractivity contribution is -0.141. The number of aliphatic carboxylic acids is 1. The SMILES string of the molecule is COC(=O)N1c2ccc3c(nc(CCn4cccn4)n3CCNCc3ccno3)c2CC[C@@H]1C.COC(=O)N1c2ccc3c(nc(Cc4ccc(OC)c(F)c4F)n3C3CCC(C(C)=O)CC3)c2CC[C@@H]1C.COC(=O)N1c2ccc3c(nc(Cc4ccccc4)n3[C@@H]3CC[C@H](C(=O)O)C3)c2CC[C@@H]1C. The highest BCUT2D eigenvalue weighted by Crippen LogP contribution is 2.45. The second-order valence-corrected chi connectivity index (χ2v) is 28.1. The van der Waals surface area contributed by atoms with Crippen molar-refractivity contribution in [3.05, 3.63) is 172 Å². The predicted molar refractivity (Wildman–Crippen MR) is 392 cm³/mol. The summed E-state index contributed by atoms with van der Waals surface area (Å²) in [7, 11) is 5.51. The number of halogens is 2. The van der Waals surface area contributed by atoms with E-state index < -0.39 is 23.7 Å². The summed E-state index contributed by atoms with van der Waals surface area (Å²) in [6, 6.07) is 29.3. The average Bonchev–Trinajstić information content (AvgIpc) is 1.64. The number of ketones is 1. The van der Waals surface area contributed by atoms with Gasteiger partial charge in [0.15, 0.2) is 11.6 Å². The molecule has 3 aliphatic heterocycles. The monoisotopic (exact) mass is 1440 g/mol. The maximum absolute atomic E-state index is 15.0. The maximum atomic E-state index is 15.0. The van der Waals surface area contributed by atoms with Crippen molar-refractivity contribution in [3.8, 4) is 5.75 Å². The van der Waals surface area contributed by atoms with E-state index in [4.69, 9.17) is 38.4 Å². The minimum Gasteiger partial charge on any atom is -0.494 e. The predicted octanol–water partition coefficient (Wildman–Crippen LogP) is 14.3. The van der Waals surface area contributed by atoms with Gasteiger partial charge in [-0.3, -0.25) is 29.0 Å². The number of nitrogens with one attached hydrogen (secondary N) is 1. The number of anilines is 3. The first-order chi connectivity index (χ1) is 50.9. The molecule has 5 aliphatic rings. The average molecular weight is 1440 g/mol. The molecular formula is C79H91F2N13O11. The number of carboxylic acid groups (broad SMARTS) is 1. The first kappa shape index (κ1) is 72.8. The van der Waals surface area contributed by atoms with Gasteiger partial charge in [-0.2, -0.15) is 9.49 Å². The lowest BCUT2D eigenvalue weighted by atomic mass is 9.83. The van der Waals surface area contributed by atoms with E-state index in [1.54, 1.807) is 34.0 Å². The molecule has 2 aliphatic carbocycles. The molecule has 26 heteroatoms. The molecule has 5 atom stereocenters. The van der Waals surface area contributed by atoms with Crippen LogP contribution >= 0.6 is 0 Å². The zero-order valence-corrected chi connectivity index (χ0v) is 60.7. The van der Waals surface area contributed by atoms with E-state index in [1.165, 1.54) is 46.1 Å². The van der Waals surface area contributed by atoms with E-state index in [-0.39, 0.29) is 77.7 Å². The number of hydrogen-bond donors (Lipinski definition) is 2. The number of nitrogens with zero attached hydrogens (tertiary/aromatic N) is 12. The smallest absolute Gasteiger partial charge is 0.414 e. The number of methoxy groups -OCH3 is 4. The molecule has 8 heterocycles. The Hall–Kier alpha value is -10.5. The third-order valence-electron chi connectivity index (χ3n) is 21.8. The van der Waals surface area contributed by atoms with E-state index in [0.29, 0.717) is 31.6 Å². The Morgan fingerprint density at radius 3 is 1.62 bits per heavy atom. The van der Waals surface area contributed by atoms with Gasteiger partial charge in [0.05, 0.1) is 97.3 Å². The van der Waals surface area contributed by atoms with Crippen molar-refractivity contribution in [2.45, 2.75) is 180 Å². The van der Waals surface area contributed by atoms with Crippen LogP contribution in [0.25, 0.3) is 33.1 Å². The van der Waals surface area contributed by atoms with Crippen LogP contribution in [0.2, 0.25) is 0 Å². The number of aryl methyl sites for hydroxylation is 5. The number of carboxylic acids is 1. The highest BCUT2D eigenvalue weighted by molar-refractivity contribution is 5.98. The van der Waals surface area contributed by atoms with Crippen molar-refractivity contribution in [1.82, 2.24) is 48.9 Å². The summed E-state index contributed by atoms with van der Waals surface area (Å²) < 4.78 is 63.4. The van der Waals surface area contributed by atoms with Gasteiger partial charge in [-0.05, 0) is 171 Å². The van der Waals surface area contributed by atoms with Gasteiger partial charge >= 0.3 is 24.2 Å². The molecule has 5 aromatic heterocycles. The fourth-order valence-electron chi connectivity index (χ4n) is 16.4. The fraction of sp³-hybridized carbons (Fsp3) is 0.443. The van der Waals surface area contributed by atoms with Gasteiger partial charge in [0, 0.05) is 110 Å². The van der Waals surface area contributed by atoms with Gasteiger partial charge in [0.1, 0.15) is 29.0 Å². The molecule has 5 aromatic carbocycles. The van der Waals surface area contributed by atoms with Crippen LogP contribution in [0.3, 0.4) is 0 Å². The minimum absolute atomic E-state index is 0.0211. The van der Waals surface area contributed by atoms with Gasteiger partial charge in [-0.1, -0.05) is 41.6 Å². The van der Waals surface area contributed by atoms with Crippen molar-refractivity contribution < 1.29 is 61.3 Å². The first-order valence-electron chi connectivity index (χ1n) is 36.4. The summed E-state index contributed by atoms with van der Waals surface area (Å²) >= 11 is 0. The standard InChI is InChI=1S/C29H33F2N3O4.C26H29N3O4.C24H29N7O3/c1-16-5-11-21-22(33(16)29(36)38-4)12-13-23-28(21)32-25(15-19-8-14-24(37-3)27(31)26(19)30)34(23)20-9-6-18(7-10-20)17(2)35;1-16-8-11-20-21(28(16)26(32)33-2)12-13-22-24(20)27-23(14-17-6-4-3-5-7-17)29(22)19-10-9-18(15-19)25(30)31;1-17-4-5-19-20(31(17)24(32)33-2)6-7-21-23(19)28-22(9-14-29-13-3-10-26-29)30(21)15-12-25-16-18-8-11-27-34-18/h8,12-14,16,18,20H,5-7,9-11,15H2,1-4H3;3-7,12-13,16,18-19H,8-11,14-15H2,1-2H3,(H,30,31);3,6-8,10-11,13,17,25H,4-5,9,12,14-16H2,1-2H3/t16-,18?,20?;16-,18-,19+;17-/m000/s1. The third-order valence-corrected chi connectivity index (χ3v) is 21.8. The molecule has 0 saturated heterocycles. The molecule has 2 saturated carbocycles. The molecule has 15 rings (SSSR count). The maximum Gasteiger partial charge on any atom is 0.414 e.